The minimum absolute atomic E-state index is 0.457. The van der Waals surface area contributed by atoms with E-state index in [1.54, 1.807) is 7.11 Å². The Labute approximate surface area is 112 Å². The minimum Gasteiger partial charge on any atom is -0.389 e. The van der Waals surface area contributed by atoms with Crippen LogP contribution in [0.15, 0.2) is 0 Å². The van der Waals surface area contributed by atoms with Crippen LogP contribution in [-0.2, 0) is 4.74 Å². The van der Waals surface area contributed by atoms with Gasteiger partial charge in [-0.1, -0.05) is 25.7 Å². The molecule has 0 aliphatic heterocycles. The lowest BCUT2D eigenvalue weighted by Gasteiger charge is -2.27. The first-order valence-electron chi connectivity index (χ1n) is 7.27. The summed E-state index contributed by atoms with van der Waals surface area (Å²) in [6.07, 6.45) is 6.82. The van der Waals surface area contributed by atoms with Crippen LogP contribution in [0.2, 0.25) is 0 Å². The summed E-state index contributed by atoms with van der Waals surface area (Å²) in [5.74, 6) is 0. The summed E-state index contributed by atoms with van der Waals surface area (Å²) in [6, 6.07) is 0. The summed E-state index contributed by atoms with van der Waals surface area (Å²) in [4.78, 5) is 2.24. The van der Waals surface area contributed by atoms with Crippen LogP contribution in [-0.4, -0.2) is 62.6 Å². The monoisotopic (exact) mass is 258 g/mol. The molecule has 0 spiro atoms. The van der Waals surface area contributed by atoms with Crippen molar-refractivity contribution in [3.05, 3.63) is 0 Å². The van der Waals surface area contributed by atoms with Crippen molar-refractivity contribution in [3.8, 4) is 0 Å². The zero-order valence-electron chi connectivity index (χ0n) is 12.1. The molecule has 0 bridgehead atoms. The van der Waals surface area contributed by atoms with E-state index in [2.05, 4.69) is 17.3 Å². The van der Waals surface area contributed by atoms with Gasteiger partial charge >= 0.3 is 0 Å². The predicted molar refractivity (Wildman–Crippen MR) is 74.9 cm³/mol. The quantitative estimate of drug-likeness (QED) is 0.508. The van der Waals surface area contributed by atoms with E-state index >= 15 is 0 Å². The van der Waals surface area contributed by atoms with Crippen molar-refractivity contribution in [1.29, 1.82) is 0 Å². The van der Waals surface area contributed by atoms with Crippen molar-refractivity contribution in [2.45, 2.75) is 44.1 Å². The molecule has 1 rings (SSSR count). The van der Waals surface area contributed by atoms with E-state index in [1.165, 1.54) is 25.7 Å². The smallest absolute Gasteiger partial charge is 0.0771 e. The Balaban J connectivity index is 2.08. The van der Waals surface area contributed by atoms with Crippen LogP contribution in [0.5, 0.6) is 0 Å². The molecule has 1 aliphatic rings. The van der Waals surface area contributed by atoms with E-state index in [4.69, 9.17) is 4.74 Å². The Bertz CT molecular complexity index is 204. The lowest BCUT2D eigenvalue weighted by atomic mass is 9.94. The zero-order valence-corrected chi connectivity index (χ0v) is 12.1. The molecular weight excluding hydrogens is 228 g/mol. The van der Waals surface area contributed by atoms with E-state index in [1.807, 2.05) is 0 Å². The van der Waals surface area contributed by atoms with E-state index in [0.29, 0.717) is 0 Å². The topological polar surface area (TPSA) is 44.7 Å². The van der Waals surface area contributed by atoms with Gasteiger partial charge in [0, 0.05) is 33.3 Å². The highest BCUT2D eigenvalue weighted by molar-refractivity contribution is 4.83. The van der Waals surface area contributed by atoms with Gasteiger partial charge in [-0.2, -0.15) is 0 Å². The highest BCUT2D eigenvalue weighted by Gasteiger charge is 2.27. The van der Waals surface area contributed by atoms with Crippen molar-refractivity contribution >= 4 is 0 Å². The number of methoxy groups -OCH3 is 1. The van der Waals surface area contributed by atoms with Gasteiger partial charge in [0.1, 0.15) is 0 Å². The molecule has 1 aliphatic carbocycles. The molecule has 18 heavy (non-hydrogen) atoms. The molecule has 1 fully saturated rings. The molecule has 0 saturated heterocycles. The fraction of sp³-hybridized carbons (Fsp3) is 1.00. The van der Waals surface area contributed by atoms with Gasteiger partial charge in [0.25, 0.3) is 0 Å². The summed E-state index contributed by atoms with van der Waals surface area (Å²) >= 11 is 0. The molecule has 108 valence electrons. The average molecular weight is 258 g/mol. The highest BCUT2D eigenvalue weighted by Crippen LogP contribution is 2.26. The van der Waals surface area contributed by atoms with E-state index < -0.39 is 5.60 Å². The maximum Gasteiger partial charge on any atom is 0.0771 e. The standard InChI is InChI=1S/C14H30N2O2/c1-16(11-12-18-2)10-9-15-13-14(17)7-5-3-4-6-8-14/h15,17H,3-13H2,1-2H3. The van der Waals surface area contributed by atoms with Crippen LogP contribution >= 0.6 is 0 Å². The van der Waals surface area contributed by atoms with Crippen LogP contribution < -0.4 is 5.32 Å². The number of rotatable bonds is 8. The summed E-state index contributed by atoms with van der Waals surface area (Å²) in [5, 5.41) is 13.9. The number of hydrogen-bond acceptors (Lipinski definition) is 4. The Kier molecular flexibility index (Phi) is 7.82. The van der Waals surface area contributed by atoms with Crippen LogP contribution in [0.3, 0.4) is 0 Å². The average Bonchev–Trinajstić information content (AvgIpc) is 2.57. The Hall–Kier alpha value is -0.160. The van der Waals surface area contributed by atoms with Gasteiger partial charge in [-0.05, 0) is 19.9 Å². The normalized spacial score (nSPS) is 20.0. The molecule has 0 atom stereocenters. The molecule has 4 heteroatoms. The van der Waals surface area contributed by atoms with Gasteiger partial charge in [-0.15, -0.1) is 0 Å². The predicted octanol–water partition coefficient (Wildman–Crippen LogP) is 1.24. The number of nitrogens with one attached hydrogen (secondary N) is 1. The maximum atomic E-state index is 10.5. The molecule has 0 aromatic heterocycles. The fourth-order valence-electron chi connectivity index (χ4n) is 2.51. The first-order valence-corrected chi connectivity index (χ1v) is 7.27. The highest BCUT2D eigenvalue weighted by atomic mass is 16.5. The number of ether oxygens (including phenoxy) is 1. The largest absolute Gasteiger partial charge is 0.389 e. The Morgan fingerprint density at radius 2 is 1.83 bits per heavy atom. The van der Waals surface area contributed by atoms with Gasteiger partial charge in [-0.3, -0.25) is 0 Å². The maximum absolute atomic E-state index is 10.5. The van der Waals surface area contributed by atoms with Crippen molar-refractivity contribution in [2.24, 2.45) is 0 Å². The van der Waals surface area contributed by atoms with Gasteiger partial charge in [0.2, 0.25) is 0 Å². The summed E-state index contributed by atoms with van der Waals surface area (Å²) in [7, 11) is 3.83. The molecule has 0 radical (unpaired) electrons. The lowest BCUT2D eigenvalue weighted by Crippen LogP contribution is -2.42. The molecule has 0 amide bonds. The summed E-state index contributed by atoms with van der Waals surface area (Å²) in [6.45, 7) is 4.41. The first kappa shape index (κ1) is 15.9. The fourth-order valence-corrected chi connectivity index (χ4v) is 2.51. The second-order valence-corrected chi connectivity index (χ2v) is 5.61. The van der Waals surface area contributed by atoms with E-state index in [0.717, 1.165) is 45.6 Å². The zero-order chi connectivity index (χ0) is 13.3. The molecule has 0 unspecified atom stereocenters. The van der Waals surface area contributed by atoms with Crippen molar-refractivity contribution in [3.63, 3.8) is 0 Å². The molecule has 0 aromatic carbocycles. The van der Waals surface area contributed by atoms with Gasteiger partial charge in [0.15, 0.2) is 0 Å². The minimum atomic E-state index is -0.457. The van der Waals surface area contributed by atoms with Crippen LogP contribution in [0.25, 0.3) is 0 Å². The Morgan fingerprint density at radius 1 is 1.17 bits per heavy atom. The molecule has 2 N–H and O–H groups in total. The summed E-state index contributed by atoms with van der Waals surface area (Å²) in [5.41, 5.74) is -0.457. The third-order valence-electron chi connectivity index (χ3n) is 3.84. The first-order chi connectivity index (χ1) is 8.66. The number of nitrogens with zero attached hydrogens (tertiary/aromatic N) is 1. The van der Waals surface area contributed by atoms with E-state index in [9.17, 15) is 5.11 Å². The van der Waals surface area contributed by atoms with Gasteiger partial charge in [-0.25, -0.2) is 0 Å². The summed E-state index contributed by atoms with van der Waals surface area (Å²) < 4.78 is 5.04. The third-order valence-corrected chi connectivity index (χ3v) is 3.84. The van der Waals surface area contributed by atoms with Crippen molar-refractivity contribution in [1.82, 2.24) is 10.2 Å². The number of aliphatic hydroxyl groups is 1. The third kappa shape index (κ3) is 6.69. The molecular formula is C14H30N2O2. The molecule has 0 aromatic rings. The van der Waals surface area contributed by atoms with Crippen LogP contribution in [0.4, 0.5) is 0 Å². The number of likely N-dealkylation sites (N-methyl/N-ethyl adjacent to an activating group) is 1. The molecule has 4 nitrogen and oxygen atoms in total. The van der Waals surface area contributed by atoms with Crippen molar-refractivity contribution in [2.75, 3.05) is 46.9 Å². The van der Waals surface area contributed by atoms with Crippen LogP contribution in [0.1, 0.15) is 38.5 Å². The second-order valence-electron chi connectivity index (χ2n) is 5.61. The second kappa shape index (κ2) is 8.86. The van der Waals surface area contributed by atoms with Gasteiger partial charge < -0.3 is 20.1 Å². The van der Waals surface area contributed by atoms with Gasteiger partial charge in [0.05, 0.1) is 12.2 Å². The van der Waals surface area contributed by atoms with Crippen LogP contribution in [0, 0.1) is 0 Å². The van der Waals surface area contributed by atoms with Crippen molar-refractivity contribution < 1.29 is 9.84 Å². The molecule has 0 heterocycles. The Morgan fingerprint density at radius 3 is 2.44 bits per heavy atom. The van der Waals surface area contributed by atoms with E-state index in [-0.39, 0.29) is 0 Å². The lowest BCUT2D eigenvalue weighted by molar-refractivity contribution is 0.0250. The molecule has 1 saturated carbocycles. The number of hydrogen-bond donors (Lipinski definition) is 2. The SMILES string of the molecule is COCCN(C)CCNCC1(O)CCCCCC1.